The standard InChI is InChI=1S/C22H18F6N4O3/c1-10(22(26,27)28)35-18-9-17(32-21(34)31(11(2)30-32)12-6-7-12)16(25)8-13(18)20(33)29-19-14(23)4-3-5-15(19)24/h3-5,8-10,12H,6-7H2,1-2H3,(H,29,33)/t10-/m0/s1. The van der Waals surface area contributed by atoms with Crippen LogP contribution in [-0.4, -0.2) is 32.5 Å². The van der Waals surface area contributed by atoms with E-state index in [2.05, 4.69) is 5.10 Å². The number of halogens is 6. The van der Waals surface area contributed by atoms with E-state index in [1.165, 1.54) is 11.5 Å². The molecule has 1 aliphatic carbocycles. The summed E-state index contributed by atoms with van der Waals surface area (Å²) in [5, 5.41) is 5.86. The normalized spacial score (nSPS) is 14.6. The van der Waals surface area contributed by atoms with Gasteiger partial charge in [0.25, 0.3) is 5.91 Å². The summed E-state index contributed by atoms with van der Waals surface area (Å²) in [6.45, 7) is 2.17. The Kier molecular flexibility index (Phi) is 6.11. The number of ether oxygens (including phenoxy) is 1. The topological polar surface area (TPSA) is 78.2 Å². The van der Waals surface area contributed by atoms with Crippen molar-refractivity contribution < 1.29 is 35.9 Å². The van der Waals surface area contributed by atoms with Gasteiger partial charge in [0, 0.05) is 12.1 Å². The Balaban J connectivity index is 1.81. The highest BCUT2D eigenvalue weighted by atomic mass is 19.4. The van der Waals surface area contributed by atoms with E-state index in [1.54, 1.807) is 0 Å². The number of para-hydroxylation sites is 1. The molecule has 3 aromatic rings. The van der Waals surface area contributed by atoms with Crippen molar-refractivity contribution in [3.63, 3.8) is 0 Å². The second-order valence-corrected chi connectivity index (χ2v) is 8.00. The fourth-order valence-corrected chi connectivity index (χ4v) is 3.42. The summed E-state index contributed by atoms with van der Waals surface area (Å²) in [6.07, 6.45) is -5.86. The first-order valence-electron chi connectivity index (χ1n) is 10.4. The van der Waals surface area contributed by atoms with E-state index in [4.69, 9.17) is 4.74 Å². The number of rotatable bonds is 6. The van der Waals surface area contributed by atoms with Gasteiger partial charge in [-0.05, 0) is 44.9 Å². The van der Waals surface area contributed by atoms with E-state index in [0.29, 0.717) is 17.7 Å². The van der Waals surface area contributed by atoms with Crippen LogP contribution >= 0.6 is 0 Å². The van der Waals surface area contributed by atoms with Crippen LogP contribution in [0.5, 0.6) is 5.75 Å². The number of hydrogen-bond acceptors (Lipinski definition) is 4. The predicted molar refractivity (Wildman–Crippen MR) is 111 cm³/mol. The zero-order valence-electron chi connectivity index (χ0n) is 18.3. The number of amides is 1. The van der Waals surface area contributed by atoms with Crippen LogP contribution in [0.3, 0.4) is 0 Å². The van der Waals surface area contributed by atoms with Gasteiger partial charge in [0.2, 0.25) is 0 Å². The maximum absolute atomic E-state index is 15.1. The maximum Gasteiger partial charge on any atom is 0.425 e. The van der Waals surface area contributed by atoms with Gasteiger partial charge < -0.3 is 10.1 Å². The van der Waals surface area contributed by atoms with E-state index in [9.17, 15) is 31.5 Å². The molecule has 1 fully saturated rings. The Morgan fingerprint density at radius 2 is 1.77 bits per heavy atom. The molecule has 0 aliphatic heterocycles. The summed E-state index contributed by atoms with van der Waals surface area (Å²) < 4.78 is 89.4. The highest BCUT2D eigenvalue weighted by Crippen LogP contribution is 2.35. The largest absolute Gasteiger partial charge is 0.480 e. The summed E-state index contributed by atoms with van der Waals surface area (Å²) in [5.41, 5.74) is -2.94. The number of aryl methyl sites for hydroxylation is 1. The third-order valence-corrected chi connectivity index (χ3v) is 5.38. The predicted octanol–water partition coefficient (Wildman–Crippen LogP) is 4.68. The molecule has 1 atom stereocenters. The molecule has 13 heteroatoms. The van der Waals surface area contributed by atoms with Crippen molar-refractivity contribution in [1.29, 1.82) is 0 Å². The van der Waals surface area contributed by atoms with Crippen molar-refractivity contribution in [2.24, 2.45) is 0 Å². The van der Waals surface area contributed by atoms with E-state index in [-0.39, 0.29) is 11.9 Å². The SMILES string of the molecule is Cc1nn(-c2cc(O[C@@H](C)C(F)(F)F)c(C(=O)Nc3c(F)cccc3F)cc2F)c(=O)n1C1CC1. The number of nitrogens with zero attached hydrogens (tertiary/aromatic N) is 3. The zero-order valence-corrected chi connectivity index (χ0v) is 18.3. The molecule has 1 N–H and O–H groups in total. The van der Waals surface area contributed by atoms with E-state index >= 15 is 4.39 Å². The molecule has 186 valence electrons. The van der Waals surface area contributed by atoms with Gasteiger partial charge in [-0.1, -0.05) is 6.07 Å². The summed E-state index contributed by atoms with van der Waals surface area (Å²) in [4.78, 5) is 25.5. The van der Waals surface area contributed by atoms with Crippen molar-refractivity contribution in [3.05, 3.63) is 69.7 Å². The molecule has 0 spiro atoms. The quantitative estimate of drug-likeness (QED) is 0.499. The molecule has 0 bridgehead atoms. The van der Waals surface area contributed by atoms with E-state index in [0.717, 1.165) is 37.1 Å². The van der Waals surface area contributed by atoms with Crippen LogP contribution < -0.4 is 15.7 Å². The lowest BCUT2D eigenvalue weighted by Crippen LogP contribution is -2.32. The number of aromatic nitrogens is 3. The van der Waals surface area contributed by atoms with Gasteiger partial charge in [0.15, 0.2) is 6.10 Å². The van der Waals surface area contributed by atoms with Crippen LogP contribution in [0.15, 0.2) is 35.1 Å². The second kappa shape index (κ2) is 8.78. The molecule has 1 amide bonds. The minimum atomic E-state index is -4.86. The van der Waals surface area contributed by atoms with Gasteiger partial charge in [-0.2, -0.15) is 23.0 Å². The number of hydrogen-bond donors (Lipinski definition) is 1. The number of nitrogens with one attached hydrogen (secondary N) is 1. The van der Waals surface area contributed by atoms with Crippen LogP contribution in [0.25, 0.3) is 5.69 Å². The smallest absolute Gasteiger partial charge is 0.425 e. The van der Waals surface area contributed by atoms with Crippen molar-refractivity contribution in [2.45, 2.75) is 45.0 Å². The minimum absolute atomic E-state index is 0.110. The number of alkyl halides is 3. The molecule has 1 aliphatic rings. The van der Waals surface area contributed by atoms with Crippen LogP contribution in [0.4, 0.5) is 32.0 Å². The first-order chi connectivity index (χ1) is 16.4. The molecule has 2 aromatic carbocycles. The Morgan fingerprint density at radius 3 is 2.34 bits per heavy atom. The average molecular weight is 500 g/mol. The Labute approximate surface area is 193 Å². The van der Waals surface area contributed by atoms with Gasteiger partial charge in [-0.3, -0.25) is 9.36 Å². The van der Waals surface area contributed by atoms with Crippen molar-refractivity contribution in [2.75, 3.05) is 5.32 Å². The highest BCUT2D eigenvalue weighted by molar-refractivity contribution is 6.06. The number of anilines is 1. The Hall–Kier alpha value is -3.77. The molecular formula is C22H18F6N4O3. The third-order valence-electron chi connectivity index (χ3n) is 5.38. The summed E-state index contributed by atoms with van der Waals surface area (Å²) in [6, 6.07) is 3.84. The van der Waals surface area contributed by atoms with Gasteiger partial charge in [-0.15, -0.1) is 0 Å². The number of benzene rings is 2. The molecule has 0 radical (unpaired) electrons. The maximum atomic E-state index is 15.1. The van der Waals surface area contributed by atoms with Gasteiger partial charge >= 0.3 is 11.9 Å². The lowest BCUT2D eigenvalue weighted by molar-refractivity contribution is -0.189. The van der Waals surface area contributed by atoms with Crippen molar-refractivity contribution in [3.8, 4) is 11.4 Å². The van der Waals surface area contributed by atoms with E-state index in [1.807, 2.05) is 5.32 Å². The van der Waals surface area contributed by atoms with Crippen LogP contribution in [0, 0.1) is 24.4 Å². The molecule has 4 rings (SSSR count). The zero-order chi connectivity index (χ0) is 25.7. The van der Waals surface area contributed by atoms with Gasteiger partial charge in [-0.25, -0.2) is 18.0 Å². The molecule has 0 saturated heterocycles. The van der Waals surface area contributed by atoms with Crippen molar-refractivity contribution >= 4 is 11.6 Å². The molecule has 35 heavy (non-hydrogen) atoms. The molecule has 0 unspecified atom stereocenters. The van der Waals surface area contributed by atoms with Crippen LogP contribution in [0.2, 0.25) is 0 Å². The van der Waals surface area contributed by atoms with Gasteiger partial charge in [0.05, 0.1) is 5.56 Å². The molecule has 1 saturated carbocycles. The first-order valence-corrected chi connectivity index (χ1v) is 10.4. The molecule has 1 heterocycles. The lowest BCUT2D eigenvalue weighted by atomic mass is 10.1. The van der Waals surface area contributed by atoms with Crippen LogP contribution in [-0.2, 0) is 0 Å². The fourth-order valence-electron chi connectivity index (χ4n) is 3.42. The summed E-state index contributed by atoms with van der Waals surface area (Å²) >= 11 is 0. The van der Waals surface area contributed by atoms with Gasteiger partial charge in [0.1, 0.15) is 40.4 Å². The summed E-state index contributed by atoms with van der Waals surface area (Å²) in [7, 11) is 0. The highest BCUT2D eigenvalue weighted by Gasteiger charge is 2.39. The lowest BCUT2D eigenvalue weighted by Gasteiger charge is -2.20. The Morgan fingerprint density at radius 1 is 1.14 bits per heavy atom. The first kappa shape index (κ1) is 24.4. The Bertz CT molecular complexity index is 1340. The molecule has 7 nitrogen and oxygen atoms in total. The number of carbonyl (C=O) groups excluding carboxylic acids is 1. The number of carbonyl (C=O) groups is 1. The van der Waals surface area contributed by atoms with E-state index < -0.39 is 64.0 Å². The monoisotopic (exact) mass is 500 g/mol. The molecule has 1 aromatic heterocycles. The fraction of sp³-hybridized carbons (Fsp3) is 0.318. The minimum Gasteiger partial charge on any atom is -0.480 e. The molecular weight excluding hydrogens is 482 g/mol. The van der Waals surface area contributed by atoms with Crippen molar-refractivity contribution in [1.82, 2.24) is 14.3 Å². The summed E-state index contributed by atoms with van der Waals surface area (Å²) in [5.74, 6) is -5.36. The third kappa shape index (κ3) is 4.75. The second-order valence-electron chi connectivity index (χ2n) is 8.00. The van der Waals surface area contributed by atoms with Crippen LogP contribution in [0.1, 0.15) is 42.0 Å². The average Bonchev–Trinajstić information content (AvgIpc) is 3.55.